The van der Waals surface area contributed by atoms with Gasteiger partial charge in [0, 0.05) is 23.3 Å². The molecular formula is C23H13F3N2O3. The Hall–Kier alpha value is -4.25. The highest BCUT2D eigenvalue weighted by atomic mass is 19.1. The molecule has 0 bridgehead atoms. The molecule has 0 saturated carbocycles. The smallest absolute Gasteiger partial charge is 0.343 e. The summed E-state index contributed by atoms with van der Waals surface area (Å²) in [6, 6.07) is 14.1. The van der Waals surface area contributed by atoms with Gasteiger partial charge in [-0.25, -0.2) is 18.0 Å². The SMILES string of the molecule is N#CC1=C(N)Oc2cc(OC(=O)c3ccc(F)cc3)ccc2C1c1ccc(F)cc1F. The van der Waals surface area contributed by atoms with Gasteiger partial charge in [-0.2, -0.15) is 5.26 Å². The molecule has 1 aliphatic heterocycles. The van der Waals surface area contributed by atoms with E-state index in [4.69, 9.17) is 15.2 Å². The Kier molecular flexibility index (Phi) is 5.09. The maximum Gasteiger partial charge on any atom is 0.343 e. The first-order valence-corrected chi connectivity index (χ1v) is 9.01. The second-order valence-corrected chi connectivity index (χ2v) is 6.69. The Bertz CT molecular complexity index is 1260. The van der Waals surface area contributed by atoms with E-state index in [9.17, 15) is 23.2 Å². The normalized spacial score (nSPS) is 15.0. The zero-order valence-electron chi connectivity index (χ0n) is 15.7. The molecule has 8 heteroatoms. The Morgan fingerprint density at radius 2 is 1.65 bits per heavy atom. The largest absolute Gasteiger partial charge is 0.440 e. The van der Waals surface area contributed by atoms with Crippen LogP contribution in [0, 0.1) is 28.8 Å². The molecule has 0 aliphatic carbocycles. The number of nitriles is 1. The minimum Gasteiger partial charge on any atom is -0.440 e. The average molecular weight is 422 g/mol. The Morgan fingerprint density at radius 1 is 0.968 bits per heavy atom. The maximum atomic E-state index is 14.5. The van der Waals surface area contributed by atoms with E-state index >= 15 is 0 Å². The van der Waals surface area contributed by atoms with E-state index < -0.39 is 29.3 Å². The van der Waals surface area contributed by atoms with Gasteiger partial charge < -0.3 is 15.2 Å². The number of rotatable bonds is 3. The van der Waals surface area contributed by atoms with Crippen LogP contribution in [0.25, 0.3) is 0 Å². The van der Waals surface area contributed by atoms with Gasteiger partial charge in [0.15, 0.2) is 0 Å². The van der Waals surface area contributed by atoms with Crippen molar-refractivity contribution in [2.75, 3.05) is 0 Å². The van der Waals surface area contributed by atoms with Crippen molar-refractivity contribution in [2.24, 2.45) is 5.73 Å². The first-order chi connectivity index (χ1) is 14.9. The minimum absolute atomic E-state index is 0.0333. The average Bonchev–Trinajstić information content (AvgIpc) is 2.73. The second-order valence-electron chi connectivity index (χ2n) is 6.69. The van der Waals surface area contributed by atoms with Crippen LogP contribution >= 0.6 is 0 Å². The van der Waals surface area contributed by atoms with Crippen LogP contribution < -0.4 is 15.2 Å². The molecular weight excluding hydrogens is 409 g/mol. The summed E-state index contributed by atoms with van der Waals surface area (Å²) in [6.07, 6.45) is 0. The minimum atomic E-state index is -0.934. The van der Waals surface area contributed by atoms with E-state index in [0.717, 1.165) is 18.2 Å². The number of hydrogen-bond donors (Lipinski definition) is 1. The fourth-order valence-electron chi connectivity index (χ4n) is 3.31. The Balaban J connectivity index is 1.71. The summed E-state index contributed by atoms with van der Waals surface area (Å²) in [7, 11) is 0. The van der Waals surface area contributed by atoms with Gasteiger partial charge in [0.1, 0.15) is 40.6 Å². The third-order valence-corrected chi connectivity index (χ3v) is 4.75. The number of hydrogen-bond acceptors (Lipinski definition) is 5. The molecule has 154 valence electrons. The van der Waals surface area contributed by atoms with Crippen LogP contribution in [0.15, 0.2) is 72.1 Å². The summed E-state index contributed by atoms with van der Waals surface area (Å²) < 4.78 is 51.7. The number of nitrogens with two attached hydrogens (primary N) is 1. The lowest BCUT2D eigenvalue weighted by Crippen LogP contribution is -2.22. The van der Waals surface area contributed by atoms with Crippen LogP contribution in [0.4, 0.5) is 13.2 Å². The molecule has 0 radical (unpaired) electrons. The van der Waals surface area contributed by atoms with Crippen molar-refractivity contribution in [2.45, 2.75) is 5.92 Å². The fraction of sp³-hybridized carbons (Fsp3) is 0.0435. The first kappa shape index (κ1) is 20.0. The number of benzene rings is 3. The van der Waals surface area contributed by atoms with Gasteiger partial charge in [0.2, 0.25) is 5.88 Å². The van der Waals surface area contributed by atoms with E-state index in [1.165, 1.54) is 36.4 Å². The van der Waals surface area contributed by atoms with E-state index in [1.54, 1.807) is 0 Å². The lowest BCUT2D eigenvalue weighted by molar-refractivity contribution is 0.0734. The van der Waals surface area contributed by atoms with Gasteiger partial charge in [0.25, 0.3) is 0 Å². The summed E-state index contributed by atoms with van der Waals surface area (Å²) in [5, 5.41) is 9.52. The summed E-state index contributed by atoms with van der Waals surface area (Å²) >= 11 is 0. The van der Waals surface area contributed by atoms with Crippen molar-refractivity contribution in [1.29, 1.82) is 5.26 Å². The molecule has 3 aromatic rings. The quantitative estimate of drug-likeness (QED) is 0.495. The van der Waals surface area contributed by atoms with Crippen molar-refractivity contribution in [3.05, 3.63) is 106 Å². The Morgan fingerprint density at radius 3 is 2.32 bits per heavy atom. The fourth-order valence-corrected chi connectivity index (χ4v) is 3.31. The van der Waals surface area contributed by atoms with Crippen molar-refractivity contribution in [3.63, 3.8) is 0 Å². The zero-order valence-corrected chi connectivity index (χ0v) is 15.7. The van der Waals surface area contributed by atoms with Crippen molar-refractivity contribution < 1.29 is 27.4 Å². The maximum absolute atomic E-state index is 14.5. The van der Waals surface area contributed by atoms with Crippen LogP contribution in [0.5, 0.6) is 11.5 Å². The second kappa shape index (κ2) is 7.88. The van der Waals surface area contributed by atoms with Gasteiger partial charge in [-0.3, -0.25) is 0 Å². The molecule has 1 unspecified atom stereocenters. The van der Waals surface area contributed by atoms with Gasteiger partial charge in [-0.05, 0) is 36.4 Å². The zero-order chi connectivity index (χ0) is 22.1. The molecule has 0 fully saturated rings. The molecule has 1 heterocycles. The standard InChI is InChI=1S/C23H13F3N2O3/c24-13-3-1-12(2-4-13)23(29)30-15-6-8-17-20(10-15)31-22(28)18(11-27)21(17)16-7-5-14(25)9-19(16)26/h1-10,21H,28H2. The molecule has 0 saturated heterocycles. The molecule has 1 aliphatic rings. The summed E-state index contributed by atoms with van der Waals surface area (Å²) in [5.41, 5.74) is 6.40. The summed E-state index contributed by atoms with van der Waals surface area (Å²) in [4.78, 5) is 12.3. The van der Waals surface area contributed by atoms with E-state index in [-0.39, 0.29) is 34.1 Å². The highest BCUT2D eigenvalue weighted by Gasteiger charge is 2.33. The molecule has 2 N–H and O–H groups in total. The van der Waals surface area contributed by atoms with Crippen molar-refractivity contribution in [1.82, 2.24) is 0 Å². The first-order valence-electron chi connectivity index (χ1n) is 9.01. The van der Waals surface area contributed by atoms with Gasteiger partial charge >= 0.3 is 5.97 Å². The molecule has 31 heavy (non-hydrogen) atoms. The van der Waals surface area contributed by atoms with Crippen LogP contribution in [-0.2, 0) is 0 Å². The lowest BCUT2D eigenvalue weighted by atomic mass is 9.83. The topological polar surface area (TPSA) is 85.3 Å². The number of ether oxygens (including phenoxy) is 2. The number of nitrogens with zero attached hydrogens (tertiary/aromatic N) is 1. The van der Waals surface area contributed by atoms with Gasteiger partial charge in [-0.1, -0.05) is 12.1 Å². The lowest BCUT2D eigenvalue weighted by Gasteiger charge is -2.27. The monoisotopic (exact) mass is 422 g/mol. The highest BCUT2D eigenvalue weighted by molar-refractivity contribution is 5.91. The molecule has 0 spiro atoms. The van der Waals surface area contributed by atoms with Crippen LogP contribution in [0.1, 0.15) is 27.4 Å². The Labute approximate surface area is 174 Å². The molecule has 1 atom stereocenters. The number of esters is 1. The highest BCUT2D eigenvalue weighted by Crippen LogP contribution is 2.44. The molecule has 0 amide bonds. The number of carbonyl (C=O) groups is 1. The third kappa shape index (κ3) is 3.81. The number of allylic oxidation sites excluding steroid dienone is 1. The van der Waals surface area contributed by atoms with E-state index in [0.29, 0.717) is 11.6 Å². The predicted molar refractivity (Wildman–Crippen MR) is 103 cm³/mol. The van der Waals surface area contributed by atoms with Gasteiger partial charge in [0.05, 0.1) is 11.5 Å². The molecule has 5 nitrogen and oxygen atoms in total. The number of carbonyl (C=O) groups excluding carboxylic acids is 1. The number of halogens is 3. The van der Waals surface area contributed by atoms with Gasteiger partial charge in [-0.15, -0.1) is 0 Å². The third-order valence-electron chi connectivity index (χ3n) is 4.75. The van der Waals surface area contributed by atoms with Crippen LogP contribution in [0.3, 0.4) is 0 Å². The van der Waals surface area contributed by atoms with Crippen molar-refractivity contribution >= 4 is 5.97 Å². The summed E-state index contributed by atoms with van der Waals surface area (Å²) in [6.45, 7) is 0. The van der Waals surface area contributed by atoms with E-state index in [2.05, 4.69) is 0 Å². The van der Waals surface area contributed by atoms with E-state index in [1.807, 2.05) is 6.07 Å². The molecule has 0 aromatic heterocycles. The van der Waals surface area contributed by atoms with Crippen molar-refractivity contribution in [3.8, 4) is 17.6 Å². The van der Waals surface area contributed by atoms with Crippen LogP contribution in [-0.4, -0.2) is 5.97 Å². The van der Waals surface area contributed by atoms with Crippen LogP contribution in [0.2, 0.25) is 0 Å². The predicted octanol–water partition coefficient (Wildman–Crippen LogP) is 4.54. The molecule has 4 rings (SSSR count). The summed E-state index contributed by atoms with van der Waals surface area (Å²) in [5.74, 6) is -3.75. The number of fused-ring (bicyclic) bond motifs is 1. The molecule has 3 aromatic carbocycles.